The second-order valence-corrected chi connectivity index (χ2v) is 8.22. The number of nitrogens with zero attached hydrogens (tertiary/aromatic N) is 4. The standard InChI is InChI=1S/C21H26N4S/c1-4-21(14-26-20-22-15(2)13-16(3)23-20)18-10-6-5-9-17(18)19(24-21)25-11-7-8-12-25/h5-6,9-10,13H,4,7-8,11-12,14H2,1-3H3. The van der Waals surface area contributed by atoms with Crippen LogP contribution >= 0.6 is 11.8 Å². The van der Waals surface area contributed by atoms with Crippen molar-refractivity contribution in [2.45, 2.75) is 50.7 Å². The van der Waals surface area contributed by atoms with Crippen LogP contribution in [0.5, 0.6) is 0 Å². The summed E-state index contributed by atoms with van der Waals surface area (Å²) in [5.74, 6) is 2.07. The molecule has 1 saturated heterocycles. The van der Waals surface area contributed by atoms with E-state index in [2.05, 4.69) is 46.1 Å². The predicted molar refractivity (Wildman–Crippen MR) is 108 cm³/mol. The predicted octanol–water partition coefficient (Wildman–Crippen LogP) is 4.35. The largest absolute Gasteiger partial charge is 0.356 e. The molecule has 2 aromatic rings. The van der Waals surface area contributed by atoms with Gasteiger partial charge in [0.15, 0.2) is 5.16 Å². The van der Waals surface area contributed by atoms with Gasteiger partial charge in [-0.3, -0.25) is 4.99 Å². The highest BCUT2D eigenvalue weighted by Crippen LogP contribution is 2.42. The number of aryl methyl sites for hydroxylation is 2. The van der Waals surface area contributed by atoms with E-state index in [9.17, 15) is 0 Å². The van der Waals surface area contributed by atoms with E-state index < -0.39 is 0 Å². The Morgan fingerprint density at radius 2 is 1.77 bits per heavy atom. The summed E-state index contributed by atoms with van der Waals surface area (Å²) in [5, 5.41) is 0.859. The fourth-order valence-corrected chi connectivity index (χ4v) is 5.21. The molecule has 1 fully saturated rings. The van der Waals surface area contributed by atoms with E-state index in [1.54, 1.807) is 11.8 Å². The van der Waals surface area contributed by atoms with Crippen LogP contribution in [-0.4, -0.2) is 39.5 Å². The highest BCUT2D eigenvalue weighted by molar-refractivity contribution is 7.99. The Bertz CT molecular complexity index is 821. The summed E-state index contributed by atoms with van der Waals surface area (Å²) >= 11 is 1.73. The van der Waals surface area contributed by atoms with Crippen molar-refractivity contribution < 1.29 is 0 Å². The van der Waals surface area contributed by atoms with E-state index in [1.807, 2.05) is 19.9 Å². The Morgan fingerprint density at radius 3 is 2.46 bits per heavy atom. The van der Waals surface area contributed by atoms with Gasteiger partial charge in [-0.25, -0.2) is 9.97 Å². The van der Waals surface area contributed by atoms with Crippen molar-refractivity contribution >= 4 is 17.6 Å². The van der Waals surface area contributed by atoms with Gasteiger partial charge in [0.25, 0.3) is 0 Å². The number of rotatable bonds is 4. The van der Waals surface area contributed by atoms with Gasteiger partial charge in [-0.05, 0) is 44.7 Å². The Labute approximate surface area is 160 Å². The Morgan fingerprint density at radius 1 is 1.08 bits per heavy atom. The summed E-state index contributed by atoms with van der Waals surface area (Å²) in [4.78, 5) is 17.0. The molecule has 0 bridgehead atoms. The molecule has 1 aromatic carbocycles. The van der Waals surface area contributed by atoms with Crippen molar-refractivity contribution in [3.8, 4) is 0 Å². The van der Waals surface area contributed by atoms with Gasteiger partial charge in [-0.15, -0.1) is 0 Å². The highest BCUT2D eigenvalue weighted by Gasteiger charge is 2.40. The quantitative estimate of drug-likeness (QED) is 0.596. The fraction of sp³-hybridized carbons (Fsp3) is 0.476. The number of aromatic nitrogens is 2. The molecular weight excluding hydrogens is 340 g/mol. The van der Waals surface area contributed by atoms with Crippen molar-refractivity contribution in [2.24, 2.45) is 4.99 Å². The second-order valence-electron chi connectivity index (χ2n) is 7.28. The molecule has 1 aromatic heterocycles. The summed E-state index contributed by atoms with van der Waals surface area (Å²) in [6.07, 6.45) is 3.52. The molecule has 26 heavy (non-hydrogen) atoms. The zero-order valence-electron chi connectivity index (χ0n) is 15.8. The van der Waals surface area contributed by atoms with Crippen molar-refractivity contribution in [1.29, 1.82) is 0 Å². The molecule has 0 radical (unpaired) electrons. The molecule has 0 N–H and O–H groups in total. The lowest BCUT2D eigenvalue weighted by molar-refractivity contribution is 0.478. The minimum absolute atomic E-state index is 0.180. The van der Waals surface area contributed by atoms with Gasteiger partial charge in [0, 0.05) is 35.8 Å². The van der Waals surface area contributed by atoms with Gasteiger partial charge in [0.2, 0.25) is 0 Å². The first-order valence-corrected chi connectivity index (χ1v) is 10.5. The first-order valence-electron chi connectivity index (χ1n) is 9.51. The monoisotopic (exact) mass is 366 g/mol. The van der Waals surface area contributed by atoms with Crippen LogP contribution in [0.4, 0.5) is 0 Å². The third kappa shape index (κ3) is 3.13. The Kier molecular flexibility index (Phi) is 4.74. The van der Waals surface area contributed by atoms with E-state index in [4.69, 9.17) is 4.99 Å². The number of benzene rings is 1. The maximum absolute atomic E-state index is 5.31. The van der Waals surface area contributed by atoms with Gasteiger partial charge in [-0.1, -0.05) is 43.0 Å². The lowest BCUT2D eigenvalue weighted by Gasteiger charge is -2.25. The average molecular weight is 367 g/mol. The van der Waals surface area contributed by atoms with Crippen molar-refractivity contribution in [3.63, 3.8) is 0 Å². The number of fused-ring (bicyclic) bond motifs is 1. The van der Waals surface area contributed by atoms with E-state index in [1.165, 1.54) is 29.8 Å². The second kappa shape index (κ2) is 7.03. The van der Waals surface area contributed by atoms with Crippen LogP contribution < -0.4 is 0 Å². The van der Waals surface area contributed by atoms with Crippen molar-refractivity contribution in [3.05, 3.63) is 52.8 Å². The molecule has 3 heterocycles. The molecule has 4 rings (SSSR count). The highest BCUT2D eigenvalue weighted by atomic mass is 32.2. The zero-order chi connectivity index (χ0) is 18.1. The molecule has 0 spiro atoms. The van der Waals surface area contributed by atoms with Crippen LogP contribution in [0.3, 0.4) is 0 Å². The Balaban J connectivity index is 1.67. The number of aliphatic imine (C=N–C) groups is 1. The van der Waals surface area contributed by atoms with Gasteiger partial charge in [-0.2, -0.15) is 0 Å². The maximum atomic E-state index is 5.31. The van der Waals surface area contributed by atoms with Crippen LogP contribution in [0.15, 0.2) is 40.5 Å². The molecule has 1 atom stereocenters. The van der Waals surface area contributed by atoms with Crippen LogP contribution in [0.2, 0.25) is 0 Å². The van der Waals surface area contributed by atoms with E-state index in [0.29, 0.717) is 0 Å². The number of amidine groups is 1. The van der Waals surface area contributed by atoms with Crippen LogP contribution in [0.1, 0.15) is 48.7 Å². The first-order chi connectivity index (χ1) is 12.6. The summed E-state index contributed by atoms with van der Waals surface area (Å²) in [6.45, 7) is 8.56. The third-order valence-electron chi connectivity index (χ3n) is 5.38. The molecule has 136 valence electrons. The van der Waals surface area contributed by atoms with Crippen LogP contribution in [-0.2, 0) is 5.54 Å². The molecule has 2 aliphatic heterocycles. The topological polar surface area (TPSA) is 41.4 Å². The molecule has 0 amide bonds. The summed E-state index contributed by atoms with van der Waals surface area (Å²) in [6, 6.07) is 10.8. The number of thioether (sulfide) groups is 1. The first kappa shape index (κ1) is 17.5. The molecule has 0 aliphatic carbocycles. The van der Waals surface area contributed by atoms with E-state index >= 15 is 0 Å². The molecule has 0 saturated carbocycles. The van der Waals surface area contributed by atoms with Crippen molar-refractivity contribution in [1.82, 2.24) is 14.9 Å². The number of hydrogen-bond donors (Lipinski definition) is 0. The Hall–Kier alpha value is -1.88. The molecule has 2 aliphatic rings. The SMILES string of the molecule is CCC1(CSc2nc(C)cc(C)n2)N=C(N2CCCC2)c2ccccc21. The lowest BCUT2D eigenvalue weighted by atomic mass is 9.89. The van der Waals surface area contributed by atoms with Gasteiger partial charge < -0.3 is 4.90 Å². The number of hydrogen-bond acceptors (Lipinski definition) is 5. The minimum Gasteiger partial charge on any atom is -0.356 e. The van der Waals surface area contributed by atoms with Gasteiger partial charge >= 0.3 is 0 Å². The summed E-state index contributed by atoms with van der Waals surface area (Å²) in [5.41, 5.74) is 4.55. The van der Waals surface area contributed by atoms with Crippen molar-refractivity contribution in [2.75, 3.05) is 18.8 Å². The summed E-state index contributed by atoms with van der Waals surface area (Å²) < 4.78 is 0. The van der Waals surface area contributed by atoms with Gasteiger partial charge in [0.1, 0.15) is 5.84 Å². The molecule has 1 unspecified atom stereocenters. The smallest absolute Gasteiger partial charge is 0.188 e. The normalized spacial score (nSPS) is 21.8. The van der Waals surface area contributed by atoms with Crippen LogP contribution in [0, 0.1) is 13.8 Å². The molecule has 4 nitrogen and oxygen atoms in total. The van der Waals surface area contributed by atoms with E-state index in [0.717, 1.165) is 41.8 Å². The van der Waals surface area contributed by atoms with E-state index in [-0.39, 0.29) is 5.54 Å². The van der Waals surface area contributed by atoms with Crippen LogP contribution in [0.25, 0.3) is 0 Å². The fourth-order valence-electron chi connectivity index (χ4n) is 4.00. The summed E-state index contributed by atoms with van der Waals surface area (Å²) in [7, 11) is 0. The number of likely N-dealkylation sites (tertiary alicyclic amines) is 1. The lowest BCUT2D eigenvalue weighted by Crippen LogP contribution is -2.28. The maximum Gasteiger partial charge on any atom is 0.188 e. The minimum atomic E-state index is -0.180. The zero-order valence-corrected chi connectivity index (χ0v) is 16.6. The third-order valence-corrected chi connectivity index (χ3v) is 6.44. The van der Waals surface area contributed by atoms with Gasteiger partial charge in [0.05, 0.1) is 5.54 Å². The average Bonchev–Trinajstić information content (AvgIpc) is 3.26. The molecular formula is C21H26N4S. The molecule has 5 heteroatoms.